The number of halogens is 2. The van der Waals surface area contributed by atoms with Crippen molar-refractivity contribution in [3.05, 3.63) is 34.6 Å². The first-order chi connectivity index (χ1) is 10.2. The Kier molecular flexibility index (Phi) is 6.98. The van der Waals surface area contributed by atoms with Crippen LogP contribution in [-0.4, -0.2) is 12.6 Å². The van der Waals surface area contributed by atoms with E-state index in [2.05, 4.69) is 12.2 Å². The predicted molar refractivity (Wildman–Crippen MR) is 88.4 cm³/mol. The number of hydrogen-bond acceptors (Lipinski definition) is 1. The summed E-state index contributed by atoms with van der Waals surface area (Å²) in [7, 11) is 0. The van der Waals surface area contributed by atoms with Crippen molar-refractivity contribution in [1.82, 2.24) is 5.32 Å². The van der Waals surface area contributed by atoms with Gasteiger partial charge < -0.3 is 5.32 Å². The zero-order chi connectivity index (χ0) is 15.1. The van der Waals surface area contributed by atoms with Crippen molar-refractivity contribution in [2.45, 2.75) is 64.3 Å². The summed E-state index contributed by atoms with van der Waals surface area (Å²) in [6, 6.07) is 5.53. The molecule has 2 rings (SSSR count). The van der Waals surface area contributed by atoms with Crippen LogP contribution in [0.15, 0.2) is 18.2 Å². The zero-order valence-electron chi connectivity index (χ0n) is 13.0. The average molecular weight is 312 g/mol. The van der Waals surface area contributed by atoms with Crippen LogP contribution in [0.25, 0.3) is 0 Å². The van der Waals surface area contributed by atoms with Crippen LogP contribution < -0.4 is 5.32 Å². The van der Waals surface area contributed by atoms with E-state index in [0.29, 0.717) is 11.1 Å². The fourth-order valence-electron chi connectivity index (χ4n) is 3.50. The average Bonchev–Trinajstić information content (AvgIpc) is 2.73. The van der Waals surface area contributed by atoms with Gasteiger partial charge in [-0.25, -0.2) is 4.39 Å². The molecule has 0 radical (unpaired) electrons. The van der Waals surface area contributed by atoms with Crippen molar-refractivity contribution < 1.29 is 4.39 Å². The fraction of sp³-hybridized carbons (Fsp3) is 0.667. The van der Waals surface area contributed by atoms with E-state index in [4.69, 9.17) is 11.6 Å². The van der Waals surface area contributed by atoms with Crippen LogP contribution in [0.4, 0.5) is 4.39 Å². The molecule has 21 heavy (non-hydrogen) atoms. The van der Waals surface area contributed by atoms with Gasteiger partial charge in [0.1, 0.15) is 5.82 Å². The predicted octanol–water partition coefficient (Wildman–Crippen LogP) is 5.36. The van der Waals surface area contributed by atoms with Crippen molar-refractivity contribution in [1.29, 1.82) is 0 Å². The lowest BCUT2D eigenvalue weighted by Crippen LogP contribution is -2.33. The molecule has 118 valence electrons. The number of rotatable bonds is 6. The van der Waals surface area contributed by atoms with Gasteiger partial charge in [-0.3, -0.25) is 0 Å². The van der Waals surface area contributed by atoms with E-state index in [1.165, 1.54) is 51.0 Å². The first-order valence-corrected chi connectivity index (χ1v) is 8.74. The first kappa shape index (κ1) is 16.8. The lowest BCUT2D eigenvalue weighted by Gasteiger charge is -2.24. The molecule has 1 unspecified atom stereocenters. The van der Waals surface area contributed by atoms with Crippen LogP contribution in [0, 0.1) is 11.7 Å². The van der Waals surface area contributed by atoms with E-state index < -0.39 is 0 Å². The molecule has 3 heteroatoms. The standard InChI is InChI=1S/C18H27ClFN/c1-2-21-16(12-14-8-5-3-4-6-9-14)13-15-10-7-11-17(20)18(15)19/h7,10-11,14,16,21H,2-6,8-9,12-13H2,1H3. The van der Waals surface area contributed by atoms with Gasteiger partial charge in [0.15, 0.2) is 0 Å². The van der Waals surface area contributed by atoms with E-state index in [1.807, 2.05) is 6.07 Å². The Morgan fingerprint density at radius 1 is 1.24 bits per heavy atom. The van der Waals surface area contributed by atoms with Crippen LogP contribution >= 0.6 is 11.6 Å². The van der Waals surface area contributed by atoms with Crippen LogP contribution in [0.1, 0.15) is 57.4 Å². The maximum Gasteiger partial charge on any atom is 0.142 e. The Labute approximate surface area is 133 Å². The van der Waals surface area contributed by atoms with Gasteiger partial charge in [0.05, 0.1) is 5.02 Å². The molecular weight excluding hydrogens is 285 g/mol. The number of hydrogen-bond donors (Lipinski definition) is 1. The highest BCUT2D eigenvalue weighted by Crippen LogP contribution is 2.28. The minimum Gasteiger partial charge on any atom is -0.314 e. The maximum atomic E-state index is 13.6. The molecule has 1 N–H and O–H groups in total. The van der Waals surface area contributed by atoms with E-state index in [-0.39, 0.29) is 5.82 Å². The third-order valence-electron chi connectivity index (χ3n) is 4.58. The van der Waals surface area contributed by atoms with Crippen molar-refractivity contribution >= 4 is 11.6 Å². The van der Waals surface area contributed by atoms with Crippen LogP contribution in [0.3, 0.4) is 0 Å². The second-order valence-corrected chi connectivity index (χ2v) is 6.64. The summed E-state index contributed by atoms with van der Waals surface area (Å²) in [5.41, 5.74) is 0.927. The quantitative estimate of drug-likeness (QED) is 0.697. The van der Waals surface area contributed by atoms with Gasteiger partial charge in [0.2, 0.25) is 0 Å². The van der Waals surface area contributed by atoms with Gasteiger partial charge in [-0.2, -0.15) is 0 Å². The van der Waals surface area contributed by atoms with E-state index in [1.54, 1.807) is 6.07 Å². The Bertz CT molecular complexity index is 427. The Balaban J connectivity index is 1.99. The second kappa shape index (κ2) is 8.75. The molecule has 0 saturated heterocycles. The Morgan fingerprint density at radius 2 is 1.95 bits per heavy atom. The highest BCUT2D eigenvalue weighted by molar-refractivity contribution is 6.31. The van der Waals surface area contributed by atoms with Crippen molar-refractivity contribution in [3.63, 3.8) is 0 Å². The summed E-state index contributed by atoms with van der Waals surface area (Å²) in [5, 5.41) is 3.86. The van der Waals surface area contributed by atoms with Crippen LogP contribution in [0.2, 0.25) is 5.02 Å². The molecule has 1 aromatic rings. The molecule has 0 heterocycles. The molecule has 1 aliphatic rings. The molecule has 1 fully saturated rings. The molecule has 1 aromatic carbocycles. The van der Waals surface area contributed by atoms with Crippen molar-refractivity contribution in [2.24, 2.45) is 5.92 Å². The molecule has 1 atom stereocenters. The summed E-state index contributed by atoms with van der Waals surface area (Å²) in [6.45, 7) is 3.08. The Morgan fingerprint density at radius 3 is 2.62 bits per heavy atom. The van der Waals surface area contributed by atoms with E-state index in [9.17, 15) is 4.39 Å². The van der Waals surface area contributed by atoms with Gasteiger partial charge >= 0.3 is 0 Å². The van der Waals surface area contributed by atoms with Gasteiger partial charge in [-0.15, -0.1) is 0 Å². The summed E-state index contributed by atoms with van der Waals surface area (Å²) >= 11 is 6.10. The molecule has 0 amide bonds. The second-order valence-electron chi connectivity index (χ2n) is 6.26. The van der Waals surface area contributed by atoms with Gasteiger partial charge in [0.25, 0.3) is 0 Å². The summed E-state index contributed by atoms with van der Waals surface area (Å²) in [6.07, 6.45) is 10.2. The van der Waals surface area contributed by atoms with Crippen LogP contribution in [0.5, 0.6) is 0 Å². The molecular formula is C18H27ClFN. The van der Waals surface area contributed by atoms with E-state index >= 15 is 0 Å². The lowest BCUT2D eigenvalue weighted by atomic mass is 9.90. The van der Waals surface area contributed by atoms with Crippen molar-refractivity contribution in [2.75, 3.05) is 6.54 Å². The highest BCUT2D eigenvalue weighted by atomic mass is 35.5. The van der Waals surface area contributed by atoms with E-state index in [0.717, 1.165) is 24.4 Å². The van der Waals surface area contributed by atoms with Gasteiger partial charge in [-0.1, -0.05) is 69.2 Å². The maximum absolute atomic E-state index is 13.6. The minimum absolute atomic E-state index is 0.293. The third kappa shape index (κ3) is 5.27. The van der Waals surface area contributed by atoms with Gasteiger partial charge in [0, 0.05) is 6.04 Å². The summed E-state index contributed by atoms with van der Waals surface area (Å²) < 4.78 is 13.6. The number of likely N-dealkylation sites (N-methyl/N-ethyl adjacent to an activating group) is 1. The van der Waals surface area contributed by atoms with Crippen LogP contribution in [-0.2, 0) is 6.42 Å². The fourth-order valence-corrected chi connectivity index (χ4v) is 3.70. The van der Waals surface area contributed by atoms with Gasteiger partial charge in [-0.05, 0) is 36.9 Å². The summed E-state index contributed by atoms with van der Waals surface area (Å²) in [5.74, 6) is 0.503. The monoisotopic (exact) mass is 311 g/mol. The SMILES string of the molecule is CCNC(Cc1cccc(F)c1Cl)CC1CCCCCC1. The normalized spacial score (nSPS) is 18.4. The number of nitrogens with one attached hydrogen (secondary N) is 1. The molecule has 1 aliphatic carbocycles. The van der Waals surface area contributed by atoms with Crippen molar-refractivity contribution in [3.8, 4) is 0 Å². The lowest BCUT2D eigenvalue weighted by molar-refractivity contribution is 0.353. The molecule has 0 aliphatic heterocycles. The molecule has 1 nitrogen and oxygen atoms in total. The zero-order valence-corrected chi connectivity index (χ0v) is 13.8. The smallest absolute Gasteiger partial charge is 0.142 e. The molecule has 1 saturated carbocycles. The molecule has 0 bridgehead atoms. The summed E-state index contributed by atoms with van der Waals surface area (Å²) in [4.78, 5) is 0. The molecule has 0 aromatic heterocycles. The number of benzene rings is 1. The minimum atomic E-state index is -0.307. The highest BCUT2D eigenvalue weighted by Gasteiger charge is 2.19. The Hall–Kier alpha value is -0.600. The topological polar surface area (TPSA) is 12.0 Å². The first-order valence-electron chi connectivity index (χ1n) is 8.37. The molecule has 0 spiro atoms. The largest absolute Gasteiger partial charge is 0.314 e. The third-order valence-corrected chi connectivity index (χ3v) is 5.01.